The summed E-state index contributed by atoms with van der Waals surface area (Å²) in [5, 5.41) is 0. The number of pyridine rings is 2. The highest BCUT2D eigenvalue weighted by Gasteiger charge is 2.06. The summed E-state index contributed by atoms with van der Waals surface area (Å²) < 4.78 is 4.67. The van der Waals surface area contributed by atoms with Gasteiger partial charge in [0.15, 0.2) is 24.8 Å². The minimum Gasteiger partial charge on any atom is -0.205 e. The molecule has 0 saturated carbocycles. The second-order valence-corrected chi connectivity index (χ2v) is 8.89. The number of hydrogen-bond donors (Lipinski definition) is 0. The minimum atomic E-state index is 1.14. The molecule has 0 saturated heterocycles. The number of hydrogen-bond acceptors (Lipinski definition) is 0. The van der Waals surface area contributed by atoms with Crippen molar-refractivity contribution in [2.75, 3.05) is 0 Å². The van der Waals surface area contributed by atoms with Gasteiger partial charge in [0.05, 0.1) is 0 Å². The van der Waals surface area contributed by atoms with Crippen LogP contribution < -0.4 is 9.13 Å². The molecule has 2 rings (SSSR count). The van der Waals surface area contributed by atoms with Gasteiger partial charge in [0, 0.05) is 37.1 Å². The molecule has 2 aromatic rings. The van der Waals surface area contributed by atoms with Crippen molar-refractivity contribution in [3.63, 3.8) is 0 Å². The molecular formula is C28H46N2+2. The largest absolute Gasteiger partial charge is 0.205 e. The van der Waals surface area contributed by atoms with Crippen LogP contribution in [0.5, 0.6) is 0 Å². The topological polar surface area (TPSA) is 7.76 Å². The molecule has 0 aromatic carbocycles. The smallest absolute Gasteiger partial charge is 0.169 e. The van der Waals surface area contributed by atoms with Gasteiger partial charge in [-0.3, -0.25) is 0 Å². The van der Waals surface area contributed by atoms with E-state index in [-0.39, 0.29) is 0 Å². The Bertz CT molecular complexity index is 586. The first-order valence-corrected chi connectivity index (χ1v) is 12.8. The zero-order valence-corrected chi connectivity index (χ0v) is 19.8. The summed E-state index contributed by atoms with van der Waals surface area (Å²) in [6.45, 7) is 6.85. The van der Waals surface area contributed by atoms with Crippen molar-refractivity contribution in [2.24, 2.45) is 0 Å². The Morgan fingerprint density at radius 2 is 0.733 bits per heavy atom. The molecule has 0 radical (unpaired) electrons. The van der Waals surface area contributed by atoms with Crippen molar-refractivity contribution in [2.45, 2.75) is 117 Å². The summed E-state index contributed by atoms with van der Waals surface area (Å²) in [6.07, 6.45) is 28.2. The third-order valence-electron chi connectivity index (χ3n) is 6.16. The Labute approximate surface area is 186 Å². The van der Waals surface area contributed by atoms with Gasteiger partial charge in [-0.15, -0.1) is 0 Å². The average Bonchev–Trinajstić information content (AvgIpc) is 2.79. The SMILES string of the molecule is CCCCCCCCC[n+]1ccc(-c2cc[n+](CCCCCCCCC)cc2)cc1. The van der Waals surface area contributed by atoms with Gasteiger partial charge in [-0.05, 0) is 24.0 Å². The fraction of sp³-hybridized carbons (Fsp3) is 0.643. The maximum Gasteiger partial charge on any atom is 0.169 e. The van der Waals surface area contributed by atoms with E-state index >= 15 is 0 Å². The van der Waals surface area contributed by atoms with Crippen LogP contribution in [0.4, 0.5) is 0 Å². The number of aryl methyl sites for hydroxylation is 2. The lowest BCUT2D eigenvalue weighted by atomic mass is 10.1. The van der Waals surface area contributed by atoms with Crippen LogP contribution in [0.25, 0.3) is 11.1 Å². The van der Waals surface area contributed by atoms with Gasteiger partial charge in [-0.2, -0.15) is 0 Å². The first-order chi connectivity index (χ1) is 14.8. The maximum atomic E-state index is 2.33. The van der Waals surface area contributed by atoms with Gasteiger partial charge >= 0.3 is 0 Å². The van der Waals surface area contributed by atoms with E-state index in [0.29, 0.717) is 0 Å². The van der Waals surface area contributed by atoms with Gasteiger partial charge in [0.1, 0.15) is 13.1 Å². The van der Waals surface area contributed by atoms with Crippen molar-refractivity contribution < 1.29 is 9.13 Å². The van der Waals surface area contributed by atoms with Crippen molar-refractivity contribution in [1.82, 2.24) is 0 Å². The molecule has 0 aliphatic carbocycles. The van der Waals surface area contributed by atoms with Gasteiger partial charge in [0.25, 0.3) is 0 Å². The van der Waals surface area contributed by atoms with Crippen molar-refractivity contribution in [3.8, 4) is 11.1 Å². The molecule has 166 valence electrons. The molecule has 0 bridgehead atoms. The first-order valence-electron chi connectivity index (χ1n) is 12.8. The third-order valence-corrected chi connectivity index (χ3v) is 6.16. The summed E-state index contributed by atoms with van der Waals surface area (Å²) in [5.41, 5.74) is 2.63. The number of unbranched alkanes of at least 4 members (excludes halogenated alkanes) is 12. The summed E-state index contributed by atoms with van der Waals surface area (Å²) in [4.78, 5) is 0. The van der Waals surface area contributed by atoms with E-state index in [0.717, 1.165) is 13.1 Å². The Morgan fingerprint density at radius 3 is 1.07 bits per heavy atom. The lowest BCUT2D eigenvalue weighted by molar-refractivity contribution is -0.697. The molecule has 30 heavy (non-hydrogen) atoms. The van der Waals surface area contributed by atoms with E-state index in [2.05, 4.69) is 72.0 Å². The molecule has 0 spiro atoms. The van der Waals surface area contributed by atoms with Crippen LogP contribution >= 0.6 is 0 Å². The monoisotopic (exact) mass is 410 g/mol. The third kappa shape index (κ3) is 10.4. The van der Waals surface area contributed by atoms with E-state index in [1.807, 2.05) is 0 Å². The highest BCUT2D eigenvalue weighted by atomic mass is 14.9. The molecule has 0 aliphatic rings. The predicted molar refractivity (Wildman–Crippen MR) is 128 cm³/mol. The van der Waals surface area contributed by atoms with Crippen LogP contribution in [-0.4, -0.2) is 0 Å². The lowest BCUT2D eigenvalue weighted by Gasteiger charge is -2.03. The molecule has 0 fully saturated rings. The summed E-state index contributed by atoms with van der Waals surface area (Å²) >= 11 is 0. The summed E-state index contributed by atoms with van der Waals surface area (Å²) in [7, 11) is 0. The zero-order chi connectivity index (χ0) is 21.3. The fourth-order valence-corrected chi connectivity index (χ4v) is 4.10. The van der Waals surface area contributed by atoms with E-state index in [9.17, 15) is 0 Å². The highest BCUT2D eigenvalue weighted by Crippen LogP contribution is 2.16. The van der Waals surface area contributed by atoms with Gasteiger partial charge < -0.3 is 0 Å². The molecule has 2 nitrogen and oxygen atoms in total. The normalized spacial score (nSPS) is 11.1. The molecule has 0 unspecified atom stereocenters. The predicted octanol–water partition coefficient (Wildman–Crippen LogP) is 7.43. The quantitative estimate of drug-likeness (QED) is 0.189. The van der Waals surface area contributed by atoms with Gasteiger partial charge in [-0.25, -0.2) is 9.13 Å². The molecular weight excluding hydrogens is 364 g/mol. The van der Waals surface area contributed by atoms with Crippen LogP contribution in [0, 0.1) is 0 Å². The van der Waals surface area contributed by atoms with E-state index in [4.69, 9.17) is 0 Å². The first kappa shape index (κ1) is 24.6. The van der Waals surface area contributed by atoms with Crippen LogP contribution in [-0.2, 0) is 13.1 Å². The molecule has 2 aromatic heterocycles. The molecule has 2 heteroatoms. The standard InChI is InChI=1S/C28H46N2/c1-3-5-7-9-11-13-15-21-29-23-17-27(18-24-29)28-19-25-30(26-20-28)22-16-14-12-10-8-6-4-2/h17-20,23-26H,3-16,21-22H2,1-2H3/q+2. The summed E-state index contributed by atoms with van der Waals surface area (Å²) in [6, 6.07) is 9.04. The fourth-order valence-electron chi connectivity index (χ4n) is 4.10. The number of rotatable bonds is 17. The Hall–Kier alpha value is -1.70. The lowest BCUT2D eigenvalue weighted by Crippen LogP contribution is -2.33. The van der Waals surface area contributed by atoms with Crippen LogP contribution in [0.15, 0.2) is 49.1 Å². The van der Waals surface area contributed by atoms with Crippen LogP contribution in [0.1, 0.15) is 104 Å². The second-order valence-electron chi connectivity index (χ2n) is 8.89. The highest BCUT2D eigenvalue weighted by molar-refractivity contribution is 5.60. The Balaban J connectivity index is 1.65. The average molecular weight is 411 g/mol. The van der Waals surface area contributed by atoms with Gasteiger partial charge in [0.2, 0.25) is 0 Å². The van der Waals surface area contributed by atoms with E-state index < -0.39 is 0 Å². The van der Waals surface area contributed by atoms with E-state index in [1.54, 1.807) is 0 Å². The van der Waals surface area contributed by atoms with Crippen molar-refractivity contribution in [1.29, 1.82) is 0 Å². The van der Waals surface area contributed by atoms with Crippen LogP contribution in [0.2, 0.25) is 0 Å². The summed E-state index contributed by atoms with van der Waals surface area (Å²) in [5.74, 6) is 0. The molecule has 0 atom stereocenters. The number of aromatic nitrogens is 2. The zero-order valence-electron chi connectivity index (χ0n) is 19.8. The van der Waals surface area contributed by atoms with Crippen molar-refractivity contribution in [3.05, 3.63) is 49.1 Å². The Morgan fingerprint density at radius 1 is 0.433 bits per heavy atom. The van der Waals surface area contributed by atoms with Gasteiger partial charge in [-0.1, -0.05) is 78.1 Å². The Kier molecular flexibility index (Phi) is 13.1. The number of nitrogens with zero attached hydrogens (tertiary/aromatic N) is 2. The molecule has 0 aliphatic heterocycles. The molecule has 0 N–H and O–H groups in total. The molecule has 0 amide bonds. The van der Waals surface area contributed by atoms with Crippen LogP contribution in [0.3, 0.4) is 0 Å². The maximum absolute atomic E-state index is 2.33. The van der Waals surface area contributed by atoms with E-state index in [1.165, 1.54) is 101 Å². The molecule has 2 heterocycles. The minimum absolute atomic E-state index is 1.14. The van der Waals surface area contributed by atoms with Crippen molar-refractivity contribution >= 4 is 0 Å². The second kappa shape index (κ2) is 16.1.